The van der Waals surface area contributed by atoms with Gasteiger partial charge < -0.3 is 20.9 Å². The molecule has 4 heterocycles. The molecule has 2 aromatic heterocycles. The van der Waals surface area contributed by atoms with Crippen LogP contribution in [0.3, 0.4) is 0 Å². The molecule has 1 amide bonds. The van der Waals surface area contributed by atoms with Crippen LogP contribution in [-0.2, 0) is 4.79 Å². The van der Waals surface area contributed by atoms with E-state index < -0.39 is 0 Å². The van der Waals surface area contributed by atoms with E-state index >= 15 is 0 Å². The van der Waals surface area contributed by atoms with Gasteiger partial charge in [-0.05, 0) is 51.9 Å². The molecular formula is C21H27N7O. The third-order valence-electron chi connectivity index (χ3n) is 5.81. The smallest absolute Gasteiger partial charge is 0.251 e. The fraction of sp³-hybridized carbons (Fsp3) is 0.476. The second-order valence-electron chi connectivity index (χ2n) is 8.41. The van der Waals surface area contributed by atoms with Crippen molar-refractivity contribution >= 4 is 29.3 Å². The first-order valence-corrected chi connectivity index (χ1v) is 10.4. The van der Waals surface area contributed by atoms with E-state index in [0.29, 0.717) is 24.1 Å². The van der Waals surface area contributed by atoms with Crippen molar-refractivity contribution in [1.82, 2.24) is 24.8 Å². The molecule has 0 unspecified atom stereocenters. The largest absolute Gasteiger partial charge is 0.367 e. The first-order chi connectivity index (χ1) is 14.0. The van der Waals surface area contributed by atoms with E-state index in [2.05, 4.69) is 45.6 Å². The van der Waals surface area contributed by atoms with E-state index in [0.717, 1.165) is 54.5 Å². The Kier molecular flexibility index (Phi) is 4.50. The number of anilines is 2. The summed E-state index contributed by atoms with van der Waals surface area (Å²) in [5.74, 6) is 1.71. The zero-order valence-corrected chi connectivity index (χ0v) is 16.7. The third-order valence-corrected chi connectivity index (χ3v) is 5.81. The van der Waals surface area contributed by atoms with E-state index in [1.165, 1.54) is 12.8 Å². The predicted molar refractivity (Wildman–Crippen MR) is 114 cm³/mol. The first-order valence-electron chi connectivity index (χ1n) is 10.4. The van der Waals surface area contributed by atoms with Crippen LogP contribution in [0.1, 0.15) is 37.7 Å². The van der Waals surface area contributed by atoms with Crippen molar-refractivity contribution in [2.24, 2.45) is 0 Å². The fourth-order valence-corrected chi connectivity index (χ4v) is 3.96. The van der Waals surface area contributed by atoms with Crippen molar-refractivity contribution in [2.45, 2.75) is 44.2 Å². The van der Waals surface area contributed by atoms with Gasteiger partial charge in [-0.25, -0.2) is 4.98 Å². The van der Waals surface area contributed by atoms with Crippen LogP contribution in [0.15, 0.2) is 30.1 Å². The molecule has 3 fully saturated rings. The lowest BCUT2D eigenvalue weighted by Gasteiger charge is -2.29. The number of nitrogens with one attached hydrogen (secondary N) is 3. The summed E-state index contributed by atoms with van der Waals surface area (Å²) >= 11 is 0. The van der Waals surface area contributed by atoms with Gasteiger partial charge in [0, 0.05) is 41.4 Å². The molecule has 3 aliphatic rings. The third kappa shape index (κ3) is 3.85. The highest BCUT2D eigenvalue weighted by molar-refractivity contribution is 6.02. The summed E-state index contributed by atoms with van der Waals surface area (Å²) in [7, 11) is 2.16. The van der Waals surface area contributed by atoms with Gasteiger partial charge >= 0.3 is 0 Å². The number of rotatable bonds is 5. The number of fused-ring (bicyclic) bond motifs is 1. The maximum atomic E-state index is 12.1. The number of carbonyl (C=O) groups excluding carboxylic acids is 1. The quantitative estimate of drug-likeness (QED) is 0.676. The summed E-state index contributed by atoms with van der Waals surface area (Å²) < 4.78 is 1.84. The number of hydrogen-bond acceptors (Lipinski definition) is 6. The molecule has 0 bridgehead atoms. The molecule has 2 aromatic rings. The molecule has 0 aromatic carbocycles. The topological polar surface area (TPSA) is 86.6 Å². The Morgan fingerprint density at radius 1 is 1.21 bits per heavy atom. The molecule has 5 rings (SSSR count). The van der Waals surface area contributed by atoms with Crippen LogP contribution in [0.2, 0.25) is 0 Å². The number of carbonyl (C=O) groups is 1. The molecule has 0 atom stereocenters. The highest BCUT2D eigenvalue weighted by Crippen LogP contribution is 2.29. The van der Waals surface area contributed by atoms with E-state index in [-0.39, 0.29) is 5.91 Å². The van der Waals surface area contributed by atoms with E-state index in [4.69, 9.17) is 4.98 Å². The van der Waals surface area contributed by atoms with E-state index in [9.17, 15) is 4.79 Å². The monoisotopic (exact) mass is 393 g/mol. The zero-order chi connectivity index (χ0) is 20.0. The summed E-state index contributed by atoms with van der Waals surface area (Å²) in [5, 5.41) is 14.5. The van der Waals surface area contributed by atoms with E-state index in [1.807, 2.05) is 10.6 Å². The zero-order valence-electron chi connectivity index (χ0n) is 16.7. The molecule has 1 aliphatic carbocycles. The number of allylic oxidation sites excluding steroid dienone is 1. The van der Waals surface area contributed by atoms with Crippen molar-refractivity contribution in [1.29, 1.82) is 0 Å². The van der Waals surface area contributed by atoms with Gasteiger partial charge in [0.25, 0.3) is 5.91 Å². The average molecular weight is 393 g/mol. The van der Waals surface area contributed by atoms with Crippen LogP contribution in [0, 0.1) is 0 Å². The summed E-state index contributed by atoms with van der Waals surface area (Å²) in [6.45, 7) is 6.04. The standard InChI is InChI=1S/C21H27N7O/c1-13-9-14(21(29)23-13)10-15-12-22-28-19(25-16-3-4-16)11-18(26-20(15)28)24-17-5-7-27(2)8-6-17/h10-12,16-17,25H,1,3-9H2,2H3,(H,23,29)(H,24,26)/b14-10+. The van der Waals surface area contributed by atoms with Crippen molar-refractivity contribution < 1.29 is 4.79 Å². The van der Waals surface area contributed by atoms with Crippen LogP contribution in [0.5, 0.6) is 0 Å². The number of amides is 1. The molecule has 0 radical (unpaired) electrons. The Morgan fingerprint density at radius 2 is 1.97 bits per heavy atom. The lowest BCUT2D eigenvalue weighted by molar-refractivity contribution is -0.115. The highest BCUT2D eigenvalue weighted by atomic mass is 16.2. The van der Waals surface area contributed by atoms with Gasteiger partial charge in [-0.3, -0.25) is 4.79 Å². The Balaban J connectivity index is 1.49. The lowest BCUT2D eigenvalue weighted by Crippen LogP contribution is -2.36. The molecule has 0 spiro atoms. The van der Waals surface area contributed by atoms with Crippen LogP contribution in [0.4, 0.5) is 11.6 Å². The van der Waals surface area contributed by atoms with Gasteiger partial charge in [-0.15, -0.1) is 0 Å². The summed E-state index contributed by atoms with van der Waals surface area (Å²) in [4.78, 5) is 19.3. The second-order valence-corrected chi connectivity index (χ2v) is 8.41. The fourth-order valence-electron chi connectivity index (χ4n) is 3.96. The Labute approximate surface area is 170 Å². The van der Waals surface area contributed by atoms with Gasteiger partial charge in [0.2, 0.25) is 0 Å². The normalized spacial score (nSPS) is 22.4. The highest BCUT2D eigenvalue weighted by Gasteiger charge is 2.25. The van der Waals surface area contributed by atoms with Gasteiger partial charge in [-0.1, -0.05) is 6.58 Å². The Hall–Kier alpha value is -2.87. The molecule has 3 N–H and O–H groups in total. The van der Waals surface area contributed by atoms with Crippen molar-refractivity contribution in [3.63, 3.8) is 0 Å². The van der Waals surface area contributed by atoms with Crippen molar-refractivity contribution in [3.05, 3.63) is 35.7 Å². The molecule has 152 valence electrons. The minimum atomic E-state index is -0.0914. The van der Waals surface area contributed by atoms with Gasteiger partial charge in [-0.2, -0.15) is 9.61 Å². The maximum Gasteiger partial charge on any atom is 0.251 e. The molecule has 29 heavy (non-hydrogen) atoms. The maximum absolute atomic E-state index is 12.1. The SMILES string of the molecule is C=C1C/C(=C\c2cnn3c(NC4CC4)cc(NC4CCN(C)CC4)nc23)C(=O)N1. The Morgan fingerprint density at radius 3 is 2.66 bits per heavy atom. The predicted octanol–water partition coefficient (Wildman–Crippen LogP) is 2.23. The first kappa shape index (κ1) is 18.2. The second kappa shape index (κ2) is 7.18. The summed E-state index contributed by atoms with van der Waals surface area (Å²) in [5.41, 5.74) is 3.02. The van der Waals surface area contributed by atoms with Crippen LogP contribution >= 0.6 is 0 Å². The van der Waals surface area contributed by atoms with Crippen molar-refractivity contribution in [2.75, 3.05) is 30.8 Å². The number of aromatic nitrogens is 3. The molecule has 2 saturated heterocycles. The van der Waals surface area contributed by atoms with Crippen molar-refractivity contribution in [3.8, 4) is 0 Å². The van der Waals surface area contributed by atoms with Gasteiger partial charge in [0.05, 0.1) is 6.20 Å². The van der Waals surface area contributed by atoms with Crippen LogP contribution in [-0.4, -0.2) is 57.6 Å². The molecular weight excluding hydrogens is 366 g/mol. The van der Waals surface area contributed by atoms with E-state index in [1.54, 1.807) is 6.20 Å². The number of nitrogens with zero attached hydrogens (tertiary/aromatic N) is 4. The average Bonchev–Trinajstić information content (AvgIpc) is 3.33. The Bertz CT molecular complexity index is 996. The summed E-state index contributed by atoms with van der Waals surface area (Å²) in [6, 6.07) is 2.98. The number of hydrogen-bond donors (Lipinski definition) is 3. The number of piperidine rings is 1. The molecule has 2 aliphatic heterocycles. The molecule has 8 heteroatoms. The minimum Gasteiger partial charge on any atom is -0.367 e. The number of likely N-dealkylation sites (tertiary alicyclic amines) is 1. The minimum absolute atomic E-state index is 0.0914. The van der Waals surface area contributed by atoms with Gasteiger partial charge in [0.1, 0.15) is 11.6 Å². The van der Waals surface area contributed by atoms with Crippen LogP contribution < -0.4 is 16.0 Å². The molecule has 8 nitrogen and oxygen atoms in total. The molecule has 1 saturated carbocycles. The lowest BCUT2D eigenvalue weighted by atomic mass is 10.1. The van der Waals surface area contributed by atoms with Gasteiger partial charge in [0.15, 0.2) is 5.65 Å². The summed E-state index contributed by atoms with van der Waals surface area (Å²) in [6.07, 6.45) is 8.77. The van der Waals surface area contributed by atoms with Crippen LogP contribution in [0.25, 0.3) is 11.7 Å².